The predicted molar refractivity (Wildman–Crippen MR) is 126 cm³/mol. The first-order valence-corrected chi connectivity index (χ1v) is 11.2. The van der Waals surface area contributed by atoms with Crippen LogP contribution in [0.3, 0.4) is 0 Å². The summed E-state index contributed by atoms with van der Waals surface area (Å²) in [5.74, 6) is -0.318. The number of rotatable bonds is 9. The number of benzene rings is 2. The molecule has 0 saturated heterocycles. The number of nitrogens with one attached hydrogen (secondary N) is 1. The number of carbonyl (C=O) groups excluding carboxylic acids is 2. The third-order valence-electron chi connectivity index (χ3n) is 4.75. The van der Waals surface area contributed by atoms with Gasteiger partial charge in [0.05, 0.1) is 15.1 Å². The van der Waals surface area contributed by atoms with E-state index >= 15 is 0 Å². The van der Waals surface area contributed by atoms with E-state index < -0.39 is 6.04 Å². The molecular weight excluding hydrogens is 482 g/mol. The normalized spacial score (nSPS) is 12.7. The lowest BCUT2D eigenvalue weighted by Gasteiger charge is -2.29. The molecule has 168 valence electrons. The van der Waals surface area contributed by atoms with Gasteiger partial charge in [-0.3, -0.25) is 9.59 Å². The Bertz CT molecular complexity index is 939. The molecular formula is C22H24Cl4N2O3. The first-order chi connectivity index (χ1) is 14.6. The van der Waals surface area contributed by atoms with Crippen molar-refractivity contribution in [1.82, 2.24) is 10.2 Å². The Morgan fingerprint density at radius 3 is 2.32 bits per heavy atom. The molecule has 9 heteroatoms. The van der Waals surface area contributed by atoms with Crippen LogP contribution in [0.1, 0.15) is 32.8 Å². The van der Waals surface area contributed by atoms with Crippen molar-refractivity contribution < 1.29 is 14.3 Å². The second-order valence-corrected chi connectivity index (χ2v) is 8.79. The van der Waals surface area contributed by atoms with Gasteiger partial charge in [0, 0.05) is 17.6 Å². The standard InChI is InChI=1S/C22H24Cl4N2O3/c1-4-13(2)27-22(30)14(3)28(11-15-5-7-17(24)18(25)9-15)21(29)12-31-20-8-6-16(23)10-19(20)26/h5-10,13-14H,4,11-12H2,1-3H3,(H,27,30). The summed E-state index contributed by atoms with van der Waals surface area (Å²) in [5, 5.41) is 4.43. The molecule has 5 nitrogen and oxygen atoms in total. The maximum atomic E-state index is 13.0. The molecule has 0 radical (unpaired) electrons. The number of ether oxygens (including phenoxy) is 1. The Morgan fingerprint density at radius 1 is 1.00 bits per heavy atom. The SMILES string of the molecule is CCC(C)NC(=O)C(C)N(Cc1ccc(Cl)c(Cl)c1)C(=O)COc1ccc(Cl)cc1Cl. The fraction of sp³-hybridized carbons (Fsp3) is 0.364. The Hall–Kier alpha value is -1.66. The summed E-state index contributed by atoms with van der Waals surface area (Å²) >= 11 is 24.1. The maximum absolute atomic E-state index is 13.0. The van der Waals surface area contributed by atoms with E-state index in [1.807, 2.05) is 13.8 Å². The van der Waals surface area contributed by atoms with Crippen molar-refractivity contribution >= 4 is 58.2 Å². The van der Waals surface area contributed by atoms with Crippen molar-refractivity contribution in [2.45, 2.75) is 45.8 Å². The smallest absolute Gasteiger partial charge is 0.261 e. The number of hydrogen-bond acceptors (Lipinski definition) is 3. The third-order valence-corrected chi connectivity index (χ3v) is 6.02. The summed E-state index contributed by atoms with van der Waals surface area (Å²) in [6.45, 7) is 5.40. The van der Waals surface area contributed by atoms with Gasteiger partial charge in [0.1, 0.15) is 11.8 Å². The van der Waals surface area contributed by atoms with Crippen LogP contribution in [0.5, 0.6) is 5.75 Å². The van der Waals surface area contributed by atoms with E-state index in [1.54, 1.807) is 37.3 Å². The zero-order valence-corrected chi connectivity index (χ0v) is 20.4. The number of amides is 2. The molecule has 0 aliphatic rings. The lowest BCUT2D eigenvalue weighted by Crippen LogP contribution is -2.50. The third kappa shape index (κ3) is 7.46. The molecule has 2 aromatic carbocycles. The highest BCUT2D eigenvalue weighted by atomic mass is 35.5. The van der Waals surface area contributed by atoms with Gasteiger partial charge in [-0.05, 0) is 56.2 Å². The van der Waals surface area contributed by atoms with E-state index in [0.29, 0.717) is 25.8 Å². The molecule has 2 rings (SSSR count). The quantitative estimate of drug-likeness (QED) is 0.453. The summed E-state index contributed by atoms with van der Waals surface area (Å²) in [6, 6.07) is 9.05. The minimum absolute atomic E-state index is 0.0130. The Labute approximate surface area is 202 Å². The molecule has 0 saturated carbocycles. The summed E-state index contributed by atoms with van der Waals surface area (Å²) in [4.78, 5) is 27.2. The van der Waals surface area contributed by atoms with Gasteiger partial charge in [0.15, 0.2) is 6.61 Å². The topological polar surface area (TPSA) is 58.6 Å². The van der Waals surface area contributed by atoms with Crippen molar-refractivity contribution in [2.75, 3.05) is 6.61 Å². The summed E-state index contributed by atoms with van der Waals surface area (Å²) < 4.78 is 5.59. The maximum Gasteiger partial charge on any atom is 0.261 e. The van der Waals surface area contributed by atoms with Crippen molar-refractivity contribution in [1.29, 1.82) is 0 Å². The van der Waals surface area contributed by atoms with E-state index in [2.05, 4.69) is 5.32 Å². The molecule has 0 fully saturated rings. The molecule has 1 N–H and O–H groups in total. The van der Waals surface area contributed by atoms with Crippen LogP contribution in [0.25, 0.3) is 0 Å². The number of nitrogens with zero attached hydrogens (tertiary/aromatic N) is 1. The lowest BCUT2D eigenvalue weighted by atomic mass is 10.1. The van der Waals surface area contributed by atoms with Gasteiger partial charge in [-0.1, -0.05) is 59.4 Å². The zero-order valence-electron chi connectivity index (χ0n) is 17.4. The van der Waals surface area contributed by atoms with Crippen molar-refractivity contribution in [2.24, 2.45) is 0 Å². The number of halogens is 4. The van der Waals surface area contributed by atoms with Crippen LogP contribution in [0.2, 0.25) is 20.1 Å². The molecule has 0 heterocycles. The van der Waals surface area contributed by atoms with Crippen LogP contribution >= 0.6 is 46.4 Å². The van der Waals surface area contributed by atoms with E-state index in [4.69, 9.17) is 51.1 Å². The summed E-state index contributed by atoms with van der Waals surface area (Å²) in [7, 11) is 0. The average molecular weight is 506 g/mol. The zero-order chi connectivity index (χ0) is 23.1. The highest BCUT2D eigenvalue weighted by molar-refractivity contribution is 6.42. The predicted octanol–water partition coefficient (Wildman–Crippen LogP) is 6.01. The van der Waals surface area contributed by atoms with Crippen LogP contribution in [0.4, 0.5) is 0 Å². The van der Waals surface area contributed by atoms with Gasteiger partial charge in [-0.2, -0.15) is 0 Å². The molecule has 0 aliphatic heterocycles. The highest BCUT2D eigenvalue weighted by Crippen LogP contribution is 2.28. The van der Waals surface area contributed by atoms with Crippen LogP contribution in [0, 0.1) is 0 Å². The average Bonchev–Trinajstić information content (AvgIpc) is 2.72. The first kappa shape index (κ1) is 25.6. The fourth-order valence-corrected chi connectivity index (χ4v) is 3.48. The van der Waals surface area contributed by atoms with E-state index in [0.717, 1.165) is 12.0 Å². The molecule has 0 aliphatic carbocycles. The van der Waals surface area contributed by atoms with Gasteiger partial charge in [0.2, 0.25) is 5.91 Å². The van der Waals surface area contributed by atoms with Gasteiger partial charge in [-0.25, -0.2) is 0 Å². The van der Waals surface area contributed by atoms with Gasteiger partial charge < -0.3 is 15.0 Å². The summed E-state index contributed by atoms with van der Waals surface area (Å²) in [6.07, 6.45) is 0.775. The molecule has 31 heavy (non-hydrogen) atoms. The van der Waals surface area contributed by atoms with Crippen molar-refractivity contribution in [3.05, 3.63) is 62.1 Å². The second kappa shape index (κ2) is 11.8. The lowest BCUT2D eigenvalue weighted by molar-refractivity contribution is -0.142. The van der Waals surface area contributed by atoms with E-state index in [-0.39, 0.29) is 31.0 Å². The molecule has 2 atom stereocenters. The van der Waals surface area contributed by atoms with E-state index in [9.17, 15) is 9.59 Å². The number of carbonyl (C=O) groups is 2. The van der Waals surface area contributed by atoms with Gasteiger partial charge >= 0.3 is 0 Å². The van der Waals surface area contributed by atoms with Crippen molar-refractivity contribution in [3.63, 3.8) is 0 Å². The first-order valence-electron chi connectivity index (χ1n) is 9.74. The van der Waals surface area contributed by atoms with Gasteiger partial charge in [-0.15, -0.1) is 0 Å². The Balaban J connectivity index is 2.20. The van der Waals surface area contributed by atoms with Crippen molar-refractivity contribution in [3.8, 4) is 5.75 Å². The van der Waals surface area contributed by atoms with Crippen LogP contribution in [-0.4, -0.2) is 35.4 Å². The molecule has 2 amide bonds. The monoisotopic (exact) mass is 504 g/mol. The molecule has 0 bridgehead atoms. The van der Waals surface area contributed by atoms with Crippen LogP contribution < -0.4 is 10.1 Å². The largest absolute Gasteiger partial charge is 0.482 e. The minimum Gasteiger partial charge on any atom is -0.482 e. The second-order valence-electron chi connectivity index (χ2n) is 7.13. The highest BCUT2D eigenvalue weighted by Gasteiger charge is 2.27. The Morgan fingerprint density at radius 2 is 1.71 bits per heavy atom. The van der Waals surface area contributed by atoms with E-state index in [1.165, 1.54) is 11.0 Å². The minimum atomic E-state index is -0.736. The van der Waals surface area contributed by atoms with Gasteiger partial charge in [0.25, 0.3) is 5.91 Å². The molecule has 0 aromatic heterocycles. The molecule has 0 spiro atoms. The molecule has 2 unspecified atom stereocenters. The van der Waals surface area contributed by atoms with Crippen LogP contribution in [-0.2, 0) is 16.1 Å². The molecule has 2 aromatic rings. The Kier molecular flexibility index (Phi) is 9.76. The fourth-order valence-electron chi connectivity index (χ4n) is 2.70. The number of hydrogen-bond donors (Lipinski definition) is 1. The summed E-state index contributed by atoms with van der Waals surface area (Å²) in [5.41, 5.74) is 0.732. The van der Waals surface area contributed by atoms with Crippen LogP contribution in [0.15, 0.2) is 36.4 Å².